The van der Waals surface area contributed by atoms with Crippen LogP contribution in [0.4, 0.5) is 11.8 Å². The van der Waals surface area contributed by atoms with Gasteiger partial charge in [-0.1, -0.05) is 17.7 Å². The van der Waals surface area contributed by atoms with Gasteiger partial charge in [0.25, 0.3) is 0 Å². The summed E-state index contributed by atoms with van der Waals surface area (Å²) in [7, 11) is 0. The number of benzene rings is 1. The first kappa shape index (κ1) is 16.5. The lowest BCUT2D eigenvalue weighted by molar-refractivity contribution is 0.629. The van der Waals surface area contributed by atoms with Crippen molar-refractivity contribution in [2.24, 2.45) is 0 Å². The highest BCUT2D eigenvalue weighted by Crippen LogP contribution is 2.28. The smallest absolute Gasteiger partial charge is 0.232 e. The number of pyridine rings is 1. The second kappa shape index (κ2) is 6.83. The highest BCUT2D eigenvalue weighted by molar-refractivity contribution is 6.30. The molecule has 1 N–H and O–H groups in total. The minimum atomic E-state index is 0.688. The zero-order chi connectivity index (χ0) is 18.2. The Morgan fingerprint density at radius 3 is 2.59 bits per heavy atom. The zero-order valence-electron chi connectivity index (χ0n) is 14.8. The maximum absolute atomic E-state index is 6.20. The van der Waals surface area contributed by atoms with Gasteiger partial charge in [-0.15, -0.1) is 10.2 Å². The van der Waals surface area contributed by atoms with E-state index in [4.69, 9.17) is 11.6 Å². The number of fused-ring (bicyclic) bond motifs is 3. The third kappa shape index (κ3) is 3.02. The van der Waals surface area contributed by atoms with E-state index in [1.165, 1.54) is 0 Å². The van der Waals surface area contributed by atoms with Gasteiger partial charge in [-0.3, -0.25) is 4.57 Å². The van der Waals surface area contributed by atoms with Gasteiger partial charge in [-0.25, -0.2) is 4.98 Å². The molecule has 5 rings (SSSR count). The molecule has 3 aromatic rings. The van der Waals surface area contributed by atoms with Crippen LogP contribution in [0.5, 0.6) is 0 Å². The van der Waals surface area contributed by atoms with Crippen molar-refractivity contribution >= 4 is 23.4 Å². The number of nitrogens with zero attached hydrogens (tertiary/aromatic N) is 6. The van der Waals surface area contributed by atoms with Crippen molar-refractivity contribution in [2.45, 2.75) is 13.1 Å². The van der Waals surface area contributed by atoms with E-state index in [1.54, 1.807) is 0 Å². The molecular weight excluding hydrogens is 362 g/mol. The van der Waals surface area contributed by atoms with Crippen molar-refractivity contribution in [1.82, 2.24) is 25.1 Å². The van der Waals surface area contributed by atoms with Gasteiger partial charge in [-0.2, -0.15) is 0 Å². The summed E-state index contributed by atoms with van der Waals surface area (Å²) in [6.07, 6.45) is 1.84. The van der Waals surface area contributed by atoms with Crippen molar-refractivity contribution < 1.29 is 0 Å². The van der Waals surface area contributed by atoms with Gasteiger partial charge in [0.1, 0.15) is 5.82 Å². The topological polar surface area (TPSA) is 62.1 Å². The molecule has 4 heterocycles. The average molecular weight is 382 g/mol. The van der Waals surface area contributed by atoms with Crippen molar-refractivity contribution in [3.8, 4) is 5.69 Å². The Kier molecular flexibility index (Phi) is 4.18. The van der Waals surface area contributed by atoms with Crippen molar-refractivity contribution in [3.63, 3.8) is 0 Å². The molecule has 2 aliphatic heterocycles. The van der Waals surface area contributed by atoms with Crippen LogP contribution in [0.25, 0.3) is 5.69 Å². The Hall–Kier alpha value is -2.64. The summed E-state index contributed by atoms with van der Waals surface area (Å²) >= 11 is 6.20. The number of hydrogen-bond donors (Lipinski definition) is 1. The fourth-order valence-corrected chi connectivity index (χ4v) is 3.97. The summed E-state index contributed by atoms with van der Waals surface area (Å²) in [6, 6.07) is 12.0. The molecule has 0 spiro atoms. The largest absolute Gasteiger partial charge is 0.353 e. The molecule has 0 unspecified atom stereocenters. The van der Waals surface area contributed by atoms with Gasteiger partial charge in [0.15, 0.2) is 5.82 Å². The van der Waals surface area contributed by atoms with E-state index < -0.39 is 0 Å². The minimum absolute atomic E-state index is 0.688. The van der Waals surface area contributed by atoms with Crippen molar-refractivity contribution in [1.29, 1.82) is 0 Å². The molecule has 0 atom stereocenters. The van der Waals surface area contributed by atoms with Gasteiger partial charge in [-0.05, 0) is 35.9 Å². The van der Waals surface area contributed by atoms with Crippen LogP contribution in [-0.4, -0.2) is 45.9 Å². The molecule has 8 heteroatoms. The maximum Gasteiger partial charge on any atom is 0.232 e. The van der Waals surface area contributed by atoms with E-state index in [0.29, 0.717) is 6.54 Å². The molecule has 138 valence electrons. The lowest BCUT2D eigenvalue weighted by atomic mass is 10.2. The monoisotopic (exact) mass is 381 g/mol. The Labute approximate surface area is 162 Å². The molecule has 1 aromatic carbocycles. The van der Waals surface area contributed by atoms with Gasteiger partial charge < -0.3 is 15.1 Å². The van der Waals surface area contributed by atoms with Crippen LogP contribution in [0, 0.1) is 0 Å². The summed E-state index contributed by atoms with van der Waals surface area (Å²) in [6.45, 7) is 5.03. The van der Waals surface area contributed by atoms with Crippen LogP contribution in [0.1, 0.15) is 11.4 Å². The van der Waals surface area contributed by atoms with E-state index >= 15 is 0 Å². The standard InChI is InChI=1S/C19H20ClN7/c20-15-4-5-16-14(11-15)12-21-13-18-23-24-19(27(16)18)26-9-7-25(8-10-26)17-3-1-2-6-22-17/h1-6,11,21H,7-10,12-13H2. The molecule has 2 aromatic heterocycles. The second-order valence-electron chi connectivity index (χ2n) is 6.79. The van der Waals surface area contributed by atoms with Crippen LogP contribution in [0.15, 0.2) is 42.6 Å². The first-order valence-corrected chi connectivity index (χ1v) is 9.52. The molecule has 0 aliphatic carbocycles. The lowest BCUT2D eigenvalue weighted by Crippen LogP contribution is -2.47. The number of aromatic nitrogens is 4. The third-order valence-electron chi connectivity index (χ3n) is 5.13. The molecule has 0 saturated carbocycles. The minimum Gasteiger partial charge on any atom is -0.353 e. The second-order valence-corrected chi connectivity index (χ2v) is 7.23. The van der Waals surface area contributed by atoms with E-state index in [0.717, 1.165) is 66.6 Å². The van der Waals surface area contributed by atoms with Crippen LogP contribution in [-0.2, 0) is 13.1 Å². The molecule has 7 nitrogen and oxygen atoms in total. The first-order chi connectivity index (χ1) is 13.3. The molecule has 1 saturated heterocycles. The van der Waals surface area contributed by atoms with Crippen LogP contribution in [0.2, 0.25) is 5.02 Å². The van der Waals surface area contributed by atoms with Crippen LogP contribution in [0.3, 0.4) is 0 Å². The van der Waals surface area contributed by atoms with Crippen molar-refractivity contribution in [2.75, 3.05) is 36.0 Å². The first-order valence-electron chi connectivity index (χ1n) is 9.14. The number of rotatable bonds is 2. The normalized spacial score (nSPS) is 16.6. The zero-order valence-corrected chi connectivity index (χ0v) is 15.6. The van der Waals surface area contributed by atoms with Crippen LogP contribution >= 0.6 is 11.6 Å². The molecule has 27 heavy (non-hydrogen) atoms. The summed E-state index contributed by atoms with van der Waals surface area (Å²) in [5.74, 6) is 2.86. The Morgan fingerprint density at radius 2 is 1.78 bits per heavy atom. The predicted octanol–water partition coefficient (Wildman–Crippen LogP) is 2.25. The SMILES string of the molecule is Clc1ccc2c(c1)CNCc1nnc(N3CCN(c4ccccn4)CC3)n1-2. The van der Waals surface area contributed by atoms with E-state index in [9.17, 15) is 0 Å². The fourth-order valence-electron chi connectivity index (χ4n) is 3.77. The Morgan fingerprint density at radius 1 is 0.926 bits per heavy atom. The summed E-state index contributed by atoms with van der Waals surface area (Å²) in [4.78, 5) is 9.08. The number of anilines is 2. The third-order valence-corrected chi connectivity index (χ3v) is 5.36. The molecule has 1 fully saturated rings. The van der Waals surface area contributed by atoms with Crippen molar-refractivity contribution in [3.05, 3.63) is 59.0 Å². The molecule has 2 aliphatic rings. The highest BCUT2D eigenvalue weighted by atomic mass is 35.5. The van der Waals surface area contributed by atoms with E-state index in [-0.39, 0.29) is 0 Å². The van der Waals surface area contributed by atoms with Gasteiger partial charge in [0, 0.05) is 43.9 Å². The molecule has 0 bridgehead atoms. The number of piperazine rings is 1. The van der Waals surface area contributed by atoms with Gasteiger partial charge in [0.2, 0.25) is 5.95 Å². The van der Waals surface area contributed by atoms with E-state index in [2.05, 4.69) is 47.0 Å². The van der Waals surface area contributed by atoms with Crippen LogP contribution < -0.4 is 15.1 Å². The Bertz CT molecular complexity index is 948. The molecule has 0 amide bonds. The fraction of sp³-hybridized carbons (Fsp3) is 0.316. The molecular formula is C19H20ClN7. The molecule has 0 radical (unpaired) electrons. The summed E-state index contributed by atoms with van der Waals surface area (Å²) in [5.41, 5.74) is 2.26. The predicted molar refractivity (Wildman–Crippen MR) is 106 cm³/mol. The van der Waals surface area contributed by atoms with E-state index in [1.807, 2.05) is 30.5 Å². The number of hydrogen-bond acceptors (Lipinski definition) is 6. The average Bonchev–Trinajstić information content (AvgIpc) is 3.04. The maximum atomic E-state index is 6.20. The number of nitrogens with one attached hydrogen (secondary N) is 1. The van der Waals surface area contributed by atoms with Gasteiger partial charge >= 0.3 is 0 Å². The summed E-state index contributed by atoms with van der Waals surface area (Å²) < 4.78 is 2.17. The lowest BCUT2D eigenvalue weighted by Gasteiger charge is -2.35. The Balaban J connectivity index is 1.44. The van der Waals surface area contributed by atoms with Gasteiger partial charge in [0.05, 0.1) is 12.2 Å². The number of halogens is 1. The summed E-state index contributed by atoms with van der Waals surface area (Å²) in [5, 5.41) is 13.1. The quantitative estimate of drug-likeness (QED) is 0.734. The highest BCUT2D eigenvalue weighted by Gasteiger charge is 2.26.